The summed E-state index contributed by atoms with van der Waals surface area (Å²) in [4.78, 5) is 21.8. The van der Waals surface area contributed by atoms with Crippen LogP contribution in [-0.4, -0.2) is 24.1 Å². The van der Waals surface area contributed by atoms with E-state index in [1.165, 1.54) is 0 Å². The monoisotopic (exact) mass is 313 g/mol. The van der Waals surface area contributed by atoms with Crippen molar-refractivity contribution < 1.29 is 19.4 Å². The topological polar surface area (TPSA) is 75.6 Å². The molecule has 0 aromatic heterocycles. The maximum Gasteiger partial charge on any atom is 0.328 e. The molecule has 0 fully saturated rings. The van der Waals surface area contributed by atoms with E-state index in [0.717, 1.165) is 22.2 Å². The van der Waals surface area contributed by atoms with Gasteiger partial charge in [0.1, 0.15) is 0 Å². The van der Waals surface area contributed by atoms with Crippen molar-refractivity contribution in [2.24, 2.45) is 0 Å². The minimum Gasteiger partial charge on any atom is -0.478 e. The Morgan fingerprint density at radius 1 is 1.44 bits per heavy atom. The molecule has 0 aliphatic heterocycles. The Morgan fingerprint density at radius 2 is 2.17 bits per heavy atom. The van der Waals surface area contributed by atoms with E-state index in [9.17, 15) is 9.59 Å². The second kappa shape index (κ2) is 6.93. The van der Waals surface area contributed by atoms with Crippen molar-refractivity contribution in [2.75, 3.05) is 12.4 Å². The highest BCUT2D eigenvalue weighted by Crippen LogP contribution is 2.25. The molecule has 0 radical (unpaired) electrons. The van der Waals surface area contributed by atoms with Crippen molar-refractivity contribution in [1.82, 2.24) is 0 Å². The Labute approximate surface area is 113 Å². The molecular weight excluding hydrogens is 302 g/mol. The van der Waals surface area contributed by atoms with E-state index in [2.05, 4.69) is 21.2 Å². The van der Waals surface area contributed by atoms with Crippen LogP contribution in [0.3, 0.4) is 0 Å². The summed E-state index contributed by atoms with van der Waals surface area (Å²) >= 11 is 3.36. The number of rotatable bonds is 5. The lowest BCUT2D eigenvalue weighted by Gasteiger charge is -2.10. The van der Waals surface area contributed by atoms with Crippen molar-refractivity contribution in [3.63, 3.8) is 0 Å². The number of halogens is 1. The number of carbonyl (C=O) groups excluding carboxylic acids is 1. The summed E-state index contributed by atoms with van der Waals surface area (Å²) in [5.41, 5.74) is 1.36. The number of carbonyl (C=O) groups is 2. The number of hydrogen-bond donors (Lipinski definition) is 2. The first-order valence-corrected chi connectivity index (χ1v) is 5.82. The minimum atomic E-state index is -1.17. The summed E-state index contributed by atoms with van der Waals surface area (Å²) in [6.45, 7) is 0.333. The summed E-state index contributed by atoms with van der Waals surface area (Å²) in [5.74, 6) is -1.68. The number of carboxylic acids is 1. The third kappa shape index (κ3) is 4.31. The van der Waals surface area contributed by atoms with Crippen molar-refractivity contribution in [2.45, 2.75) is 6.61 Å². The molecule has 0 bridgehead atoms. The van der Waals surface area contributed by atoms with Crippen LogP contribution in [0.15, 0.2) is 34.8 Å². The predicted molar refractivity (Wildman–Crippen MR) is 70.3 cm³/mol. The Hall–Kier alpha value is -1.66. The van der Waals surface area contributed by atoms with Crippen LogP contribution in [0.25, 0.3) is 0 Å². The predicted octanol–water partition coefficient (Wildman–Crippen LogP) is 2.17. The van der Waals surface area contributed by atoms with Gasteiger partial charge in [-0.25, -0.2) is 4.79 Å². The molecule has 0 aliphatic carbocycles. The van der Waals surface area contributed by atoms with Crippen LogP contribution in [-0.2, 0) is 20.9 Å². The molecular formula is C12H12BrNO4. The van der Waals surface area contributed by atoms with Gasteiger partial charge in [-0.1, -0.05) is 22.0 Å². The first kappa shape index (κ1) is 14.4. The van der Waals surface area contributed by atoms with E-state index in [4.69, 9.17) is 9.84 Å². The highest BCUT2D eigenvalue weighted by atomic mass is 79.9. The number of anilines is 1. The molecule has 2 N–H and O–H groups in total. The molecule has 96 valence electrons. The molecule has 0 spiro atoms. The molecule has 0 atom stereocenters. The van der Waals surface area contributed by atoms with E-state index >= 15 is 0 Å². The zero-order valence-electron chi connectivity index (χ0n) is 9.64. The number of carboxylic acid groups (broad SMARTS) is 1. The lowest BCUT2D eigenvalue weighted by molar-refractivity contribution is -0.131. The van der Waals surface area contributed by atoms with Gasteiger partial charge in [-0.3, -0.25) is 4.79 Å². The molecule has 0 saturated carbocycles. The molecule has 1 aromatic carbocycles. The molecule has 5 nitrogen and oxygen atoms in total. The molecule has 0 heterocycles. The van der Waals surface area contributed by atoms with Gasteiger partial charge < -0.3 is 15.2 Å². The van der Waals surface area contributed by atoms with E-state index in [0.29, 0.717) is 12.3 Å². The fraction of sp³-hybridized carbons (Fsp3) is 0.167. The first-order chi connectivity index (χ1) is 8.54. The third-order valence-electron chi connectivity index (χ3n) is 2.04. The molecule has 1 amide bonds. The van der Waals surface area contributed by atoms with Gasteiger partial charge in [-0.15, -0.1) is 0 Å². The van der Waals surface area contributed by atoms with Crippen LogP contribution >= 0.6 is 15.9 Å². The summed E-state index contributed by atoms with van der Waals surface area (Å²) in [6, 6.07) is 5.31. The second-order valence-electron chi connectivity index (χ2n) is 3.36. The maximum atomic E-state index is 11.5. The van der Waals surface area contributed by atoms with E-state index in [1.807, 2.05) is 6.07 Å². The van der Waals surface area contributed by atoms with Gasteiger partial charge in [0.2, 0.25) is 5.91 Å². The smallest absolute Gasteiger partial charge is 0.328 e. The second-order valence-corrected chi connectivity index (χ2v) is 4.21. The fourth-order valence-electron chi connectivity index (χ4n) is 1.29. The number of nitrogens with one attached hydrogen (secondary N) is 1. The van der Waals surface area contributed by atoms with E-state index < -0.39 is 11.9 Å². The molecule has 0 aliphatic rings. The van der Waals surface area contributed by atoms with Gasteiger partial charge in [-0.2, -0.15) is 0 Å². The fourth-order valence-corrected chi connectivity index (χ4v) is 1.77. The normalized spacial score (nSPS) is 10.6. The summed E-state index contributed by atoms with van der Waals surface area (Å²) < 4.78 is 5.85. The van der Waals surface area contributed by atoms with Crippen LogP contribution < -0.4 is 5.32 Å². The van der Waals surface area contributed by atoms with Crippen molar-refractivity contribution >= 4 is 33.5 Å². The average molecular weight is 314 g/mol. The molecule has 1 aromatic rings. The Kier molecular flexibility index (Phi) is 5.54. The highest BCUT2D eigenvalue weighted by Gasteiger charge is 2.08. The van der Waals surface area contributed by atoms with E-state index in [-0.39, 0.29) is 0 Å². The van der Waals surface area contributed by atoms with Crippen LogP contribution in [0, 0.1) is 0 Å². The third-order valence-corrected chi connectivity index (χ3v) is 2.79. The first-order valence-electron chi connectivity index (χ1n) is 5.03. The number of ether oxygens (including phenoxy) is 1. The number of hydrogen-bond acceptors (Lipinski definition) is 3. The van der Waals surface area contributed by atoms with Crippen molar-refractivity contribution in [1.29, 1.82) is 0 Å². The highest BCUT2D eigenvalue weighted by molar-refractivity contribution is 9.10. The van der Waals surface area contributed by atoms with Crippen molar-refractivity contribution in [3.8, 4) is 0 Å². The Morgan fingerprint density at radius 3 is 2.78 bits per heavy atom. The van der Waals surface area contributed by atoms with Gasteiger partial charge in [0, 0.05) is 35.0 Å². The summed E-state index contributed by atoms with van der Waals surface area (Å²) in [7, 11) is 1.55. The lowest BCUT2D eigenvalue weighted by Crippen LogP contribution is -2.11. The van der Waals surface area contributed by atoms with Gasteiger partial charge in [0.15, 0.2) is 0 Å². The zero-order valence-corrected chi connectivity index (χ0v) is 11.2. The summed E-state index contributed by atoms with van der Waals surface area (Å²) in [6.07, 6.45) is 1.74. The quantitative estimate of drug-likeness (QED) is 0.817. The number of aliphatic carboxylic acids is 1. The average Bonchev–Trinajstić information content (AvgIpc) is 2.31. The van der Waals surface area contributed by atoms with E-state index in [1.54, 1.807) is 19.2 Å². The van der Waals surface area contributed by atoms with Gasteiger partial charge in [-0.05, 0) is 12.1 Å². The molecule has 18 heavy (non-hydrogen) atoms. The van der Waals surface area contributed by atoms with Crippen LogP contribution in [0.4, 0.5) is 5.69 Å². The maximum absolute atomic E-state index is 11.5. The van der Waals surface area contributed by atoms with Gasteiger partial charge >= 0.3 is 5.97 Å². The Balaban J connectivity index is 2.87. The van der Waals surface area contributed by atoms with Gasteiger partial charge in [0.05, 0.1) is 6.61 Å². The van der Waals surface area contributed by atoms with Gasteiger partial charge in [0.25, 0.3) is 0 Å². The molecule has 6 heteroatoms. The summed E-state index contributed by atoms with van der Waals surface area (Å²) in [5, 5.41) is 11.0. The Bertz CT molecular complexity index is 485. The van der Waals surface area contributed by atoms with Crippen molar-refractivity contribution in [3.05, 3.63) is 40.4 Å². The zero-order chi connectivity index (χ0) is 13.5. The number of amides is 1. The van der Waals surface area contributed by atoms with Crippen LogP contribution in [0.1, 0.15) is 5.56 Å². The van der Waals surface area contributed by atoms with Crippen LogP contribution in [0.2, 0.25) is 0 Å². The number of methoxy groups -OCH3 is 1. The largest absolute Gasteiger partial charge is 0.478 e. The minimum absolute atomic E-state index is 0.333. The van der Waals surface area contributed by atoms with Crippen LogP contribution in [0.5, 0.6) is 0 Å². The molecule has 1 rings (SSSR count). The number of benzene rings is 1. The molecule has 0 unspecified atom stereocenters. The lowest BCUT2D eigenvalue weighted by atomic mass is 10.2. The SMILES string of the molecule is COCc1c(Br)cccc1NC(=O)/C=C/C(=O)O. The standard InChI is InChI=1S/C12H12BrNO4/c1-18-7-8-9(13)3-2-4-10(8)14-11(15)5-6-12(16)17/h2-6H,7H2,1H3,(H,14,15)(H,16,17)/b6-5+. The molecule has 0 saturated heterocycles.